The molecular formula is C30H38ClNO4. The van der Waals surface area contributed by atoms with E-state index in [1.807, 2.05) is 12.1 Å². The van der Waals surface area contributed by atoms with E-state index in [4.69, 9.17) is 21.1 Å². The summed E-state index contributed by atoms with van der Waals surface area (Å²) in [5.41, 5.74) is 3.98. The van der Waals surface area contributed by atoms with E-state index in [1.54, 1.807) is 19.3 Å². The van der Waals surface area contributed by atoms with Crippen LogP contribution in [-0.4, -0.2) is 43.3 Å². The first-order chi connectivity index (χ1) is 17.0. The van der Waals surface area contributed by atoms with Gasteiger partial charge in [0.2, 0.25) is 0 Å². The summed E-state index contributed by atoms with van der Waals surface area (Å²) in [6, 6.07) is 5.48. The third-order valence-electron chi connectivity index (χ3n) is 7.39. The molecule has 194 valence electrons. The molecular weight excluding hydrogens is 474 g/mol. The summed E-state index contributed by atoms with van der Waals surface area (Å²) >= 11 is 6.49. The van der Waals surface area contributed by atoms with Gasteiger partial charge in [-0.1, -0.05) is 52.0 Å². The Kier molecular flexibility index (Phi) is 7.55. The van der Waals surface area contributed by atoms with Crippen LogP contribution in [0.15, 0.2) is 53.4 Å². The molecule has 5 nitrogen and oxygen atoms in total. The number of carbonyl (C=O) groups excluding carboxylic acids is 2. The number of methoxy groups -OCH3 is 1. The number of rotatable bonds is 8. The first-order valence-electron chi connectivity index (χ1n) is 12.8. The zero-order valence-corrected chi connectivity index (χ0v) is 23.0. The summed E-state index contributed by atoms with van der Waals surface area (Å²) in [5.74, 6) is 0.342. The molecule has 1 heterocycles. The molecule has 0 aromatic heterocycles. The minimum Gasteiger partial charge on any atom is -0.489 e. The Morgan fingerprint density at radius 3 is 2.14 bits per heavy atom. The van der Waals surface area contributed by atoms with Crippen LogP contribution in [0.3, 0.4) is 0 Å². The van der Waals surface area contributed by atoms with Crippen molar-refractivity contribution in [1.29, 1.82) is 0 Å². The van der Waals surface area contributed by atoms with Crippen LogP contribution in [0.2, 0.25) is 5.02 Å². The maximum absolute atomic E-state index is 13.9. The van der Waals surface area contributed by atoms with E-state index in [-0.39, 0.29) is 22.4 Å². The number of Topliss-reactive ketones (excluding diaryl/α,β-unsaturated/α-hetero) is 2. The van der Waals surface area contributed by atoms with Crippen LogP contribution >= 0.6 is 11.6 Å². The minimum absolute atomic E-state index is 0.0989. The van der Waals surface area contributed by atoms with Gasteiger partial charge < -0.3 is 14.4 Å². The number of carbonyl (C=O) groups is 2. The van der Waals surface area contributed by atoms with Gasteiger partial charge in [0.05, 0.1) is 0 Å². The summed E-state index contributed by atoms with van der Waals surface area (Å²) in [6.45, 7) is 14.0. The van der Waals surface area contributed by atoms with Gasteiger partial charge in [0.1, 0.15) is 12.4 Å². The van der Waals surface area contributed by atoms with Crippen LogP contribution in [0, 0.1) is 10.8 Å². The molecule has 4 rings (SSSR count). The Bertz CT molecular complexity index is 1090. The lowest BCUT2D eigenvalue weighted by atomic mass is 9.63. The first-order valence-corrected chi connectivity index (χ1v) is 13.2. The van der Waals surface area contributed by atoms with Crippen LogP contribution in [-0.2, 0) is 14.3 Å². The molecule has 0 saturated carbocycles. The van der Waals surface area contributed by atoms with E-state index in [9.17, 15) is 9.59 Å². The molecule has 36 heavy (non-hydrogen) atoms. The van der Waals surface area contributed by atoms with E-state index >= 15 is 0 Å². The molecule has 2 aliphatic carbocycles. The van der Waals surface area contributed by atoms with E-state index in [0.29, 0.717) is 43.4 Å². The molecule has 1 aliphatic heterocycles. The number of allylic oxidation sites excluding steroid dienone is 4. The predicted octanol–water partition coefficient (Wildman–Crippen LogP) is 6.63. The molecule has 6 heteroatoms. The maximum atomic E-state index is 13.9. The summed E-state index contributed by atoms with van der Waals surface area (Å²) < 4.78 is 11.4. The first kappa shape index (κ1) is 26.7. The highest BCUT2D eigenvalue weighted by Gasteiger charge is 2.49. The molecule has 0 saturated heterocycles. The maximum Gasteiger partial charge on any atom is 0.162 e. The van der Waals surface area contributed by atoms with Gasteiger partial charge in [-0.3, -0.25) is 9.59 Å². The van der Waals surface area contributed by atoms with Gasteiger partial charge in [0.25, 0.3) is 0 Å². The molecule has 0 unspecified atom stereocenters. The quantitative estimate of drug-likeness (QED) is 0.289. The average Bonchev–Trinajstić information content (AvgIpc) is 2.77. The highest BCUT2D eigenvalue weighted by Crippen LogP contribution is 2.55. The molecule has 0 radical (unpaired) electrons. The highest BCUT2D eigenvalue weighted by atomic mass is 35.5. The zero-order chi connectivity index (χ0) is 26.3. The molecule has 0 atom stereocenters. The van der Waals surface area contributed by atoms with Gasteiger partial charge in [-0.05, 0) is 48.3 Å². The van der Waals surface area contributed by atoms with Crippen LogP contribution < -0.4 is 4.74 Å². The smallest absolute Gasteiger partial charge is 0.162 e. The van der Waals surface area contributed by atoms with Gasteiger partial charge in [0.15, 0.2) is 11.6 Å². The van der Waals surface area contributed by atoms with E-state index < -0.39 is 5.92 Å². The predicted molar refractivity (Wildman–Crippen MR) is 143 cm³/mol. The van der Waals surface area contributed by atoms with Crippen molar-refractivity contribution in [3.8, 4) is 5.75 Å². The van der Waals surface area contributed by atoms with Crippen molar-refractivity contribution >= 4 is 23.2 Å². The van der Waals surface area contributed by atoms with Crippen LogP contribution in [0.5, 0.6) is 5.75 Å². The van der Waals surface area contributed by atoms with E-state index in [0.717, 1.165) is 47.4 Å². The monoisotopic (exact) mass is 511 g/mol. The van der Waals surface area contributed by atoms with Gasteiger partial charge in [0, 0.05) is 72.1 Å². The Morgan fingerprint density at radius 2 is 1.61 bits per heavy atom. The second kappa shape index (κ2) is 10.2. The minimum atomic E-state index is -0.487. The van der Waals surface area contributed by atoms with Crippen molar-refractivity contribution in [2.24, 2.45) is 10.8 Å². The standard InChI is InChI=1S/C30H38ClNO4/c1-7-12-36-25-10-9-19(31)14-20(25)26-27-21(15-29(2,3)17-23(27)33)32(11-8-13-35-6)22-16-30(4,5)18-24(34)28(22)26/h7,9-10,14,26H,1,8,11-13,15-18H2,2-6H3. The van der Waals surface area contributed by atoms with E-state index in [2.05, 4.69) is 39.2 Å². The summed E-state index contributed by atoms with van der Waals surface area (Å²) in [6.07, 6.45) is 4.93. The Balaban J connectivity index is 1.99. The average molecular weight is 512 g/mol. The number of halogens is 1. The lowest BCUT2D eigenvalue weighted by molar-refractivity contribution is -0.119. The van der Waals surface area contributed by atoms with Gasteiger partial charge >= 0.3 is 0 Å². The molecule has 3 aliphatic rings. The van der Waals surface area contributed by atoms with Crippen LogP contribution in [0.1, 0.15) is 71.3 Å². The second-order valence-electron chi connectivity index (χ2n) is 11.8. The number of hydrogen-bond donors (Lipinski definition) is 0. The van der Waals surface area contributed by atoms with Crippen LogP contribution in [0.25, 0.3) is 0 Å². The second-order valence-corrected chi connectivity index (χ2v) is 12.3. The number of hydrogen-bond acceptors (Lipinski definition) is 5. The summed E-state index contributed by atoms with van der Waals surface area (Å²) in [7, 11) is 1.70. The van der Waals surface area contributed by atoms with Crippen molar-refractivity contribution in [2.75, 3.05) is 26.9 Å². The SMILES string of the molecule is C=CCOc1ccc(Cl)cc1C1C2=C(CC(C)(C)CC2=O)N(CCCOC)C2=C1C(=O)CC(C)(C)C2. The van der Waals surface area contributed by atoms with Crippen molar-refractivity contribution in [1.82, 2.24) is 4.90 Å². The van der Waals surface area contributed by atoms with Crippen LogP contribution in [0.4, 0.5) is 0 Å². The summed E-state index contributed by atoms with van der Waals surface area (Å²) in [5, 5.41) is 0.551. The Labute approximate surface area is 220 Å². The van der Waals surface area contributed by atoms with E-state index in [1.165, 1.54) is 0 Å². The molecule has 1 aromatic carbocycles. The molecule has 0 amide bonds. The fourth-order valence-corrected chi connectivity index (χ4v) is 6.20. The van der Waals surface area contributed by atoms with Crippen molar-refractivity contribution < 1.29 is 19.1 Å². The number of ketones is 2. The zero-order valence-electron chi connectivity index (χ0n) is 22.2. The van der Waals surface area contributed by atoms with Crippen molar-refractivity contribution in [2.45, 2.75) is 65.7 Å². The number of benzene rings is 1. The topological polar surface area (TPSA) is 55.8 Å². The van der Waals surface area contributed by atoms with Crippen molar-refractivity contribution in [3.05, 3.63) is 64.0 Å². The lowest BCUT2D eigenvalue weighted by Crippen LogP contribution is -2.45. The fourth-order valence-electron chi connectivity index (χ4n) is 6.02. The summed E-state index contributed by atoms with van der Waals surface area (Å²) in [4.78, 5) is 30.1. The van der Waals surface area contributed by atoms with Crippen molar-refractivity contribution in [3.63, 3.8) is 0 Å². The third kappa shape index (κ3) is 5.19. The molecule has 0 fully saturated rings. The number of nitrogens with zero attached hydrogens (tertiary/aromatic N) is 1. The normalized spacial score (nSPS) is 21.4. The molecule has 0 spiro atoms. The number of ether oxygens (including phenoxy) is 2. The Hall–Kier alpha value is -2.37. The lowest BCUT2D eigenvalue weighted by Gasteiger charge is -2.49. The molecule has 0 N–H and O–H groups in total. The van der Waals surface area contributed by atoms with Gasteiger partial charge in [-0.2, -0.15) is 0 Å². The Morgan fingerprint density at radius 1 is 1.03 bits per heavy atom. The molecule has 0 bridgehead atoms. The highest BCUT2D eigenvalue weighted by molar-refractivity contribution is 6.30. The van der Waals surface area contributed by atoms with Gasteiger partial charge in [-0.25, -0.2) is 0 Å². The fraction of sp³-hybridized carbons (Fsp3) is 0.533. The molecule has 1 aromatic rings. The van der Waals surface area contributed by atoms with Gasteiger partial charge in [-0.15, -0.1) is 0 Å². The third-order valence-corrected chi connectivity index (χ3v) is 7.63. The largest absolute Gasteiger partial charge is 0.489 e.